The zero-order valence-corrected chi connectivity index (χ0v) is 9.28. The Bertz CT molecular complexity index is 257. The Morgan fingerprint density at radius 1 is 1.43 bits per heavy atom. The Labute approximate surface area is 90.2 Å². The second-order valence-corrected chi connectivity index (χ2v) is 5.43. The number of alkyl halides is 2. The van der Waals surface area contributed by atoms with E-state index in [1.54, 1.807) is 0 Å². The summed E-state index contributed by atoms with van der Waals surface area (Å²) < 4.78 is 10.5. The number of rotatable bonds is 5. The zero-order chi connectivity index (χ0) is 11.5. The van der Waals surface area contributed by atoms with Crippen LogP contribution in [-0.2, 0) is 9.36 Å². The van der Waals surface area contributed by atoms with E-state index in [-0.39, 0.29) is 0 Å². The predicted molar refractivity (Wildman–Crippen MR) is 51.8 cm³/mol. The van der Waals surface area contributed by atoms with Gasteiger partial charge in [-0.2, -0.15) is 0 Å². The fraction of sp³-hybridized carbons (Fsp3) is 0.800. The van der Waals surface area contributed by atoms with Crippen molar-refractivity contribution >= 4 is 36.8 Å². The molecule has 0 aromatic carbocycles. The van der Waals surface area contributed by atoms with Crippen LogP contribution in [0.5, 0.6) is 0 Å². The SMILES string of the molecule is NC(C(=O)O)C(Cl)C(Cl)CP(=O)(O)O. The topological polar surface area (TPSA) is 121 Å². The van der Waals surface area contributed by atoms with Crippen LogP contribution in [0, 0.1) is 0 Å². The maximum absolute atomic E-state index is 10.5. The van der Waals surface area contributed by atoms with Gasteiger partial charge in [0.05, 0.1) is 16.9 Å². The first-order valence-corrected chi connectivity index (χ1v) is 6.13. The number of carboxylic acids is 1. The van der Waals surface area contributed by atoms with Crippen molar-refractivity contribution in [2.75, 3.05) is 6.16 Å². The lowest BCUT2D eigenvalue weighted by molar-refractivity contribution is -0.138. The lowest BCUT2D eigenvalue weighted by Gasteiger charge is -2.19. The molecule has 0 saturated heterocycles. The number of halogens is 2. The molecular formula is C5H10Cl2NO5P. The highest BCUT2D eigenvalue weighted by Crippen LogP contribution is 2.38. The first-order chi connectivity index (χ1) is 6.15. The molecule has 0 radical (unpaired) electrons. The lowest BCUT2D eigenvalue weighted by atomic mass is 10.2. The Morgan fingerprint density at radius 2 is 1.86 bits per heavy atom. The van der Waals surface area contributed by atoms with Gasteiger partial charge in [-0.3, -0.25) is 9.36 Å². The van der Waals surface area contributed by atoms with Gasteiger partial charge in [-0.15, -0.1) is 23.2 Å². The van der Waals surface area contributed by atoms with Crippen molar-refractivity contribution in [3.05, 3.63) is 0 Å². The Hall–Kier alpha value is 0.160. The molecule has 6 nitrogen and oxygen atoms in total. The van der Waals surface area contributed by atoms with E-state index in [2.05, 4.69) is 0 Å². The zero-order valence-electron chi connectivity index (χ0n) is 6.88. The van der Waals surface area contributed by atoms with E-state index < -0.39 is 36.5 Å². The number of carboxylic acid groups (broad SMARTS) is 1. The third kappa shape index (κ3) is 5.14. The van der Waals surface area contributed by atoms with Crippen molar-refractivity contribution in [1.29, 1.82) is 0 Å². The standard InChI is InChI=1S/C5H10Cl2NO5P/c6-2(1-14(11,12)13)3(7)4(8)5(9)10/h2-4H,1,8H2,(H,9,10)(H2,11,12,13). The van der Waals surface area contributed by atoms with E-state index >= 15 is 0 Å². The maximum atomic E-state index is 10.5. The molecule has 14 heavy (non-hydrogen) atoms. The summed E-state index contributed by atoms with van der Waals surface area (Å²) in [5, 5.41) is 6.01. The smallest absolute Gasteiger partial charge is 0.327 e. The molecule has 0 aromatic rings. The van der Waals surface area contributed by atoms with Crippen LogP contribution < -0.4 is 5.73 Å². The average molecular weight is 266 g/mol. The summed E-state index contributed by atoms with van der Waals surface area (Å²) in [6.45, 7) is 0. The quantitative estimate of drug-likeness (QED) is 0.403. The van der Waals surface area contributed by atoms with Crippen LogP contribution in [-0.4, -0.2) is 43.8 Å². The highest BCUT2D eigenvalue weighted by atomic mass is 35.5. The van der Waals surface area contributed by atoms with Gasteiger partial charge >= 0.3 is 13.6 Å². The predicted octanol–water partition coefficient (Wildman–Crippen LogP) is -0.209. The molecule has 84 valence electrons. The van der Waals surface area contributed by atoms with Crippen LogP contribution in [0.3, 0.4) is 0 Å². The summed E-state index contributed by atoms with van der Waals surface area (Å²) in [7, 11) is -4.31. The number of aliphatic carboxylic acids is 1. The van der Waals surface area contributed by atoms with Crippen LogP contribution >= 0.6 is 30.8 Å². The number of nitrogens with two attached hydrogens (primary N) is 1. The monoisotopic (exact) mass is 265 g/mol. The van der Waals surface area contributed by atoms with Gasteiger partial charge in [0, 0.05) is 0 Å². The number of carbonyl (C=O) groups is 1. The van der Waals surface area contributed by atoms with E-state index in [4.69, 9.17) is 43.8 Å². The second-order valence-electron chi connectivity index (χ2n) is 2.67. The molecule has 0 bridgehead atoms. The molecule has 0 saturated carbocycles. The van der Waals surface area contributed by atoms with Crippen molar-refractivity contribution in [1.82, 2.24) is 0 Å². The normalized spacial score (nSPS) is 18.6. The van der Waals surface area contributed by atoms with Crippen LogP contribution in [0.15, 0.2) is 0 Å². The summed E-state index contributed by atoms with van der Waals surface area (Å²) in [6, 6.07) is -1.45. The first-order valence-electron chi connectivity index (χ1n) is 3.46. The van der Waals surface area contributed by atoms with Crippen LogP contribution in [0.4, 0.5) is 0 Å². The minimum Gasteiger partial charge on any atom is -0.480 e. The molecule has 5 N–H and O–H groups in total. The van der Waals surface area contributed by atoms with Crippen molar-refractivity contribution in [3.63, 3.8) is 0 Å². The number of hydrogen-bond donors (Lipinski definition) is 4. The van der Waals surface area contributed by atoms with Gasteiger partial charge in [-0.25, -0.2) is 0 Å². The molecule has 0 amide bonds. The molecular weight excluding hydrogens is 256 g/mol. The van der Waals surface area contributed by atoms with Crippen LogP contribution in [0.2, 0.25) is 0 Å². The summed E-state index contributed by atoms with van der Waals surface area (Å²) >= 11 is 11.0. The summed E-state index contributed by atoms with van der Waals surface area (Å²) in [4.78, 5) is 27.4. The minimum absolute atomic E-state index is 0.705. The van der Waals surface area contributed by atoms with Gasteiger partial charge in [0.1, 0.15) is 6.04 Å². The van der Waals surface area contributed by atoms with E-state index in [1.165, 1.54) is 0 Å². The van der Waals surface area contributed by atoms with Gasteiger partial charge in [0.15, 0.2) is 0 Å². The largest absolute Gasteiger partial charge is 0.480 e. The Balaban J connectivity index is 4.32. The van der Waals surface area contributed by atoms with E-state index in [1.807, 2.05) is 0 Å². The van der Waals surface area contributed by atoms with E-state index in [0.29, 0.717) is 0 Å². The summed E-state index contributed by atoms with van der Waals surface area (Å²) in [5.74, 6) is -1.37. The second kappa shape index (κ2) is 5.30. The molecule has 3 unspecified atom stereocenters. The average Bonchev–Trinajstić information content (AvgIpc) is 1.98. The molecule has 0 rings (SSSR count). The molecule has 0 heterocycles. The van der Waals surface area contributed by atoms with Crippen LogP contribution in [0.25, 0.3) is 0 Å². The minimum atomic E-state index is -4.31. The van der Waals surface area contributed by atoms with Crippen molar-refractivity contribution < 1.29 is 24.3 Å². The Morgan fingerprint density at radius 3 is 2.14 bits per heavy atom. The molecule has 0 aromatic heterocycles. The third-order valence-electron chi connectivity index (χ3n) is 1.39. The fourth-order valence-corrected chi connectivity index (χ4v) is 2.39. The molecule has 0 aliphatic carbocycles. The molecule has 0 fully saturated rings. The summed E-state index contributed by atoms with van der Waals surface area (Å²) in [6.07, 6.45) is -0.705. The van der Waals surface area contributed by atoms with Gasteiger partial charge < -0.3 is 20.6 Å². The summed E-state index contributed by atoms with van der Waals surface area (Å²) in [5.41, 5.74) is 5.11. The molecule has 3 atom stereocenters. The third-order valence-corrected chi connectivity index (χ3v) is 3.60. The van der Waals surface area contributed by atoms with E-state index in [0.717, 1.165) is 0 Å². The highest BCUT2D eigenvalue weighted by molar-refractivity contribution is 7.51. The molecule has 0 aliphatic rings. The Kier molecular flexibility index (Phi) is 5.36. The van der Waals surface area contributed by atoms with Gasteiger partial charge in [0.25, 0.3) is 0 Å². The van der Waals surface area contributed by atoms with Gasteiger partial charge in [0.2, 0.25) is 0 Å². The van der Waals surface area contributed by atoms with Crippen molar-refractivity contribution in [2.24, 2.45) is 5.73 Å². The molecule has 9 heteroatoms. The first kappa shape index (κ1) is 14.2. The molecule has 0 aliphatic heterocycles. The number of hydrogen-bond acceptors (Lipinski definition) is 3. The maximum Gasteiger partial charge on any atom is 0.327 e. The van der Waals surface area contributed by atoms with Gasteiger partial charge in [-0.05, 0) is 0 Å². The van der Waals surface area contributed by atoms with E-state index in [9.17, 15) is 9.36 Å². The molecule has 0 spiro atoms. The van der Waals surface area contributed by atoms with Gasteiger partial charge in [-0.1, -0.05) is 0 Å². The fourth-order valence-electron chi connectivity index (χ4n) is 0.689. The lowest BCUT2D eigenvalue weighted by Crippen LogP contribution is -2.44. The van der Waals surface area contributed by atoms with Crippen LogP contribution in [0.1, 0.15) is 0 Å². The van der Waals surface area contributed by atoms with Crippen molar-refractivity contribution in [3.8, 4) is 0 Å². The van der Waals surface area contributed by atoms with Crippen molar-refractivity contribution in [2.45, 2.75) is 16.8 Å². The highest BCUT2D eigenvalue weighted by Gasteiger charge is 2.32.